The number of carbonyl (C=O) groups is 2. The first-order valence-electron chi connectivity index (χ1n) is 14.5. The van der Waals surface area contributed by atoms with Crippen molar-refractivity contribution in [3.05, 3.63) is 59.1 Å². The first kappa shape index (κ1) is 27.6. The van der Waals surface area contributed by atoms with E-state index in [2.05, 4.69) is 10.3 Å². The van der Waals surface area contributed by atoms with Gasteiger partial charge in [0.1, 0.15) is 12.1 Å². The molecule has 3 heterocycles. The fraction of sp³-hybridized carbons (Fsp3) is 0.581. The second kappa shape index (κ2) is 12.9. The van der Waals surface area contributed by atoms with Crippen LogP contribution in [0.3, 0.4) is 0 Å². The zero-order valence-corrected chi connectivity index (χ0v) is 22.7. The number of fused-ring (bicyclic) bond motifs is 2. The van der Waals surface area contributed by atoms with Gasteiger partial charge in [0, 0.05) is 18.5 Å². The summed E-state index contributed by atoms with van der Waals surface area (Å²) in [7, 11) is 1.32. The van der Waals surface area contributed by atoms with Gasteiger partial charge in [0.25, 0.3) is 5.91 Å². The lowest BCUT2D eigenvalue weighted by molar-refractivity contribution is -0.134. The highest BCUT2D eigenvalue weighted by Gasteiger charge is 2.51. The minimum Gasteiger partial charge on any atom is -0.466 e. The molecular weight excluding hydrogens is 499 g/mol. The fourth-order valence-corrected chi connectivity index (χ4v) is 6.64. The molecule has 2 saturated heterocycles. The predicted molar refractivity (Wildman–Crippen MR) is 145 cm³/mol. The van der Waals surface area contributed by atoms with Gasteiger partial charge in [-0.3, -0.25) is 4.79 Å². The molecule has 1 aromatic heterocycles. The van der Waals surface area contributed by atoms with Crippen molar-refractivity contribution < 1.29 is 27.9 Å². The van der Waals surface area contributed by atoms with Crippen LogP contribution in [0.1, 0.15) is 97.6 Å². The number of oxazole rings is 1. The van der Waals surface area contributed by atoms with Crippen LogP contribution in [0.5, 0.6) is 0 Å². The maximum atomic E-state index is 14.2. The molecule has 1 saturated carbocycles. The van der Waals surface area contributed by atoms with E-state index < -0.39 is 5.97 Å². The molecule has 3 unspecified atom stereocenters. The van der Waals surface area contributed by atoms with Crippen molar-refractivity contribution in [3.8, 4) is 0 Å². The Kier molecular flexibility index (Phi) is 9.12. The lowest BCUT2D eigenvalue weighted by Gasteiger charge is -2.26. The Morgan fingerprint density at radius 2 is 1.95 bits per heavy atom. The smallest absolute Gasteiger partial charge is 0.330 e. The molecule has 0 radical (unpaired) electrons. The van der Waals surface area contributed by atoms with E-state index in [-0.39, 0.29) is 41.5 Å². The van der Waals surface area contributed by atoms with Crippen LogP contribution in [-0.2, 0) is 20.7 Å². The Balaban J connectivity index is 1.21. The van der Waals surface area contributed by atoms with Gasteiger partial charge in [0.05, 0.1) is 25.2 Å². The van der Waals surface area contributed by atoms with Crippen molar-refractivity contribution in [2.75, 3.05) is 13.7 Å². The van der Waals surface area contributed by atoms with Gasteiger partial charge in [-0.25, -0.2) is 14.2 Å². The largest absolute Gasteiger partial charge is 0.466 e. The molecule has 3 fully saturated rings. The monoisotopic (exact) mass is 538 g/mol. The quantitative estimate of drug-likeness (QED) is 0.215. The van der Waals surface area contributed by atoms with E-state index in [0.29, 0.717) is 18.9 Å². The van der Waals surface area contributed by atoms with Crippen molar-refractivity contribution in [2.24, 2.45) is 11.8 Å². The highest BCUT2D eigenvalue weighted by Crippen LogP contribution is 2.50. The molecule has 2 aromatic rings. The van der Waals surface area contributed by atoms with Crippen LogP contribution in [0.25, 0.3) is 6.08 Å². The SMILES string of the molecule is COC(=O)C=Cc1ccc(F)cc1CC1C2CCC(O2)[C@@H]1c1nc(C(=O)NCCCCC2CCCCC2)co1. The molecule has 210 valence electrons. The van der Waals surface area contributed by atoms with E-state index in [1.807, 2.05) is 0 Å². The minimum absolute atomic E-state index is 0.00837. The van der Waals surface area contributed by atoms with Gasteiger partial charge in [-0.2, -0.15) is 0 Å². The maximum absolute atomic E-state index is 14.2. The van der Waals surface area contributed by atoms with Crippen molar-refractivity contribution in [1.29, 1.82) is 0 Å². The lowest BCUT2D eigenvalue weighted by atomic mass is 9.75. The summed E-state index contributed by atoms with van der Waals surface area (Å²) in [5, 5.41) is 2.99. The Labute approximate surface area is 229 Å². The summed E-state index contributed by atoms with van der Waals surface area (Å²) in [5.74, 6) is 0.223. The number of hydrogen-bond donors (Lipinski definition) is 1. The zero-order valence-electron chi connectivity index (χ0n) is 22.7. The van der Waals surface area contributed by atoms with Crippen LogP contribution in [0.15, 0.2) is 35.0 Å². The van der Waals surface area contributed by atoms with E-state index >= 15 is 0 Å². The van der Waals surface area contributed by atoms with E-state index in [0.717, 1.165) is 42.7 Å². The molecule has 1 aromatic carbocycles. The number of esters is 1. The van der Waals surface area contributed by atoms with Crippen molar-refractivity contribution in [3.63, 3.8) is 0 Å². The van der Waals surface area contributed by atoms with E-state index in [1.165, 1.54) is 70.1 Å². The summed E-state index contributed by atoms with van der Waals surface area (Å²) in [5.41, 5.74) is 1.81. The van der Waals surface area contributed by atoms with E-state index in [1.54, 1.807) is 12.1 Å². The Bertz CT molecular complexity index is 1170. The molecule has 8 heteroatoms. The molecule has 5 rings (SSSR count). The molecule has 0 spiro atoms. The number of rotatable bonds is 11. The van der Waals surface area contributed by atoms with Crippen LogP contribution >= 0.6 is 0 Å². The van der Waals surface area contributed by atoms with Gasteiger partial charge in [0.2, 0.25) is 5.89 Å². The molecule has 2 aliphatic heterocycles. The summed E-state index contributed by atoms with van der Waals surface area (Å²) < 4.78 is 31.0. The summed E-state index contributed by atoms with van der Waals surface area (Å²) >= 11 is 0. The van der Waals surface area contributed by atoms with Crippen molar-refractivity contribution in [1.82, 2.24) is 10.3 Å². The van der Waals surface area contributed by atoms with Crippen LogP contribution in [0.2, 0.25) is 0 Å². The molecule has 1 aliphatic carbocycles. The van der Waals surface area contributed by atoms with Gasteiger partial charge < -0.3 is 19.2 Å². The molecular formula is C31H39FN2O5. The van der Waals surface area contributed by atoms with Gasteiger partial charge in [-0.15, -0.1) is 0 Å². The topological polar surface area (TPSA) is 90.7 Å². The summed E-state index contributed by atoms with van der Waals surface area (Å²) in [4.78, 5) is 28.9. The van der Waals surface area contributed by atoms with Gasteiger partial charge in [-0.1, -0.05) is 51.0 Å². The highest BCUT2D eigenvalue weighted by molar-refractivity contribution is 5.91. The van der Waals surface area contributed by atoms with E-state index in [9.17, 15) is 14.0 Å². The number of ether oxygens (including phenoxy) is 2. The third-order valence-electron chi connectivity index (χ3n) is 8.67. The summed E-state index contributed by atoms with van der Waals surface area (Å²) in [6.45, 7) is 0.634. The predicted octanol–water partition coefficient (Wildman–Crippen LogP) is 5.98. The Morgan fingerprint density at radius 1 is 1.13 bits per heavy atom. The molecule has 7 nitrogen and oxygen atoms in total. The first-order chi connectivity index (χ1) is 19.0. The normalized spacial score (nSPS) is 24.9. The summed E-state index contributed by atoms with van der Waals surface area (Å²) in [6.07, 6.45) is 16.9. The number of hydrogen-bond acceptors (Lipinski definition) is 6. The Morgan fingerprint density at radius 3 is 2.77 bits per heavy atom. The number of halogens is 1. The second-order valence-corrected chi connectivity index (χ2v) is 11.2. The molecule has 2 bridgehead atoms. The molecule has 1 N–H and O–H groups in total. The lowest BCUT2D eigenvalue weighted by Crippen LogP contribution is -2.28. The van der Waals surface area contributed by atoms with Crippen molar-refractivity contribution >= 4 is 18.0 Å². The number of methoxy groups -OCH3 is 1. The standard InChI is InChI=1S/C31H39FN2O5/c1-37-28(35)15-11-21-10-12-23(32)17-22(21)18-24-26-13-14-27(39-26)29(24)31-34-25(19-38-31)30(36)33-16-6-5-9-20-7-3-2-4-8-20/h10-12,15,17,19-20,24,26-27,29H,2-9,13-14,16,18H2,1H3,(H,33,36)/t24?,26?,27?,29-/m1/s1. The van der Waals surface area contributed by atoms with Crippen LogP contribution < -0.4 is 5.32 Å². The van der Waals surface area contributed by atoms with Gasteiger partial charge in [-0.05, 0) is 60.9 Å². The van der Waals surface area contributed by atoms with Gasteiger partial charge in [0.15, 0.2) is 5.69 Å². The highest BCUT2D eigenvalue weighted by atomic mass is 19.1. The third kappa shape index (κ3) is 6.78. The number of nitrogens with zero attached hydrogens (tertiary/aromatic N) is 1. The maximum Gasteiger partial charge on any atom is 0.330 e. The first-order valence-corrected chi connectivity index (χ1v) is 14.5. The zero-order chi connectivity index (χ0) is 27.2. The average molecular weight is 539 g/mol. The summed E-state index contributed by atoms with van der Waals surface area (Å²) in [6, 6.07) is 4.54. The third-order valence-corrected chi connectivity index (χ3v) is 8.67. The minimum atomic E-state index is -0.471. The Hall–Kier alpha value is -3.00. The number of unbranched alkanes of at least 4 members (excludes halogenated alkanes) is 1. The van der Waals surface area contributed by atoms with Crippen LogP contribution in [0.4, 0.5) is 4.39 Å². The second-order valence-electron chi connectivity index (χ2n) is 11.2. The average Bonchev–Trinajstić information content (AvgIpc) is 3.70. The number of carbonyl (C=O) groups excluding carboxylic acids is 2. The van der Waals surface area contributed by atoms with E-state index in [4.69, 9.17) is 13.9 Å². The number of benzene rings is 1. The number of amides is 1. The molecule has 1 amide bonds. The van der Waals surface area contributed by atoms with Crippen LogP contribution in [0, 0.1) is 17.7 Å². The van der Waals surface area contributed by atoms with Crippen LogP contribution in [-0.4, -0.2) is 42.7 Å². The number of nitrogens with one attached hydrogen (secondary N) is 1. The molecule has 3 aliphatic rings. The van der Waals surface area contributed by atoms with Gasteiger partial charge >= 0.3 is 5.97 Å². The fourth-order valence-electron chi connectivity index (χ4n) is 6.64. The molecule has 4 atom stereocenters. The molecule has 39 heavy (non-hydrogen) atoms. The number of aromatic nitrogens is 1. The van der Waals surface area contributed by atoms with Crippen molar-refractivity contribution in [2.45, 2.75) is 88.8 Å².